The van der Waals surface area contributed by atoms with Gasteiger partial charge in [0, 0.05) is 24.4 Å². The largest absolute Gasteiger partial charge is 0.481 e. The van der Waals surface area contributed by atoms with Gasteiger partial charge in [-0.1, -0.05) is 13.8 Å². The molecule has 136 valence electrons. The number of nitrogens with two attached hydrogens (primary N) is 1. The summed E-state index contributed by atoms with van der Waals surface area (Å²) in [6.45, 7) is 3.80. The quantitative estimate of drug-likeness (QED) is 0.553. The average Bonchev–Trinajstić information content (AvgIpc) is 2.61. The molecule has 0 aliphatic carbocycles. The Kier molecular flexibility index (Phi) is 6.31. The van der Waals surface area contributed by atoms with Crippen LogP contribution in [0.15, 0.2) is 18.5 Å². The molecule has 0 aliphatic heterocycles. The average molecular weight is 349 g/mol. The molecule has 0 saturated carbocycles. The molecular formula is C16H23N5O4. The number of rotatable bonds is 8. The fourth-order valence-corrected chi connectivity index (χ4v) is 2.00. The summed E-state index contributed by atoms with van der Waals surface area (Å²) in [5.41, 5.74) is 6.83. The summed E-state index contributed by atoms with van der Waals surface area (Å²) in [6.07, 6.45) is 2.23. The third-order valence-corrected chi connectivity index (χ3v) is 3.41. The van der Waals surface area contributed by atoms with Crippen LogP contribution in [0.1, 0.15) is 25.3 Å². The molecule has 0 saturated heterocycles. The van der Waals surface area contributed by atoms with Gasteiger partial charge in [-0.3, -0.25) is 0 Å². The summed E-state index contributed by atoms with van der Waals surface area (Å²) >= 11 is 0. The van der Waals surface area contributed by atoms with E-state index in [1.807, 2.05) is 13.8 Å². The van der Waals surface area contributed by atoms with Crippen molar-refractivity contribution in [2.24, 2.45) is 0 Å². The Balaban J connectivity index is 2.20. The fraction of sp³-hybridized carbons (Fsp3) is 0.438. The second-order valence-electron chi connectivity index (χ2n) is 5.68. The van der Waals surface area contributed by atoms with Gasteiger partial charge in [-0.25, -0.2) is 9.97 Å². The Morgan fingerprint density at radius 1 is 1.24 bits per heavy atom. The van der Waals surface area contributed by atoms with E-state index in [0.29, 0.717) is 17.4 Å². The van der Waals surface area contributed by atoms with E-state index in [4.69, 9.17) is 20.3 Å². The van der Waals surface area contributed by atoms with Crippen molar-refractivity contribution in [3.05, 3.63) is 24.0 Å². The zero-order valence-corrected chi connectivity index (χ0v) is 14.4. The number of anilines is 2. The number of methoxy groups -OCH3 is 1. The standard InChI is InChI=1S/C16H23N5O4/c1-9(2)11-6-18-14(24-3)4-12(11)25-13-7-20-16(21-15(13)17)19-5-10(23)8-22/h4,6-7,9-10,22-23H,5,8H2,1-3H3,(H3,17,19,20,21). The minimum absolute atomic E-state index is 0.106. The van der Waals surface area contributed by atoms with Crippen molar-refractivity contribution in [1.29, 1.82) is 0 Å². The smallest absolute Gasteiger partial charge is 0.224 e. The van der Waals surface area contributed by atoms with Crippen LogP contribution < -0.4 is 20.5 Å². The summed E-state index contributed by atoms with van der Waals surface area (Å²) in [6, 6.07) is 1.68. The van der Waals surface area contributed by atoms with Gasteiger partial charge in [0.2, 0.25) is 11.8 Å². The molecule has 2 rings (SSSR count). The lowest BCUT2D eigenvalue weighted by Gasteiger charge is -2.15. The van der Waals surface area contributed by atoms with Crippen LogP contribution in [-0.4, -0.2) is 51.5 Å². The molecule has 25 heavy (non-hydrogen) atoms. The zero-order valence-electron chi connectivity index (χ0n) is 14.4. The monoisotopic (exact) mass is 349 g/mol. The number of pyridine rings is 1. The van der Waals surface area contributed by atoms with E-state index < -0.39 is 6.10 Å². The number of aliphatic hydroxyl groups excluding tert-OH is 2. The maximum absolute atomic E-state index is 9.33. The highest BCUT2D eigenvalue weighted by atomic mass is 16.5. The number of aliphatic hydroxyl groups is 2. The first-order valence-electron chi connectivity index (χ1n) is 7.81. The lowest BCUT2D eigenvalue weighted by atomic mass is 10.0. The molecule has 2 aromatic heterocycles. The molecule has 2 aromatic rings. The molecule has 1 atom stereocenters. The van der Waals surface area contributed by atoms with Gasteiger partial charge in [-0.05, 0) is 5.92 Å². The molecule has 0 amide bonds. The minimum Gasteiger partial charge on any atom is -0.481 e. The maximum Gasteiger partial charge on any atom is 0.224 e. The minimum atomic E-state index is -0.904. The highest BCUT2D eigenvalue weighted by Crippen LogP contribution is 2.34. The first-order chi connectivity index (χ1) is 11.9. The molecule has 2 heterocycles. The van der Waals surface area contributed by atoms with Gasteiger partial charge in [-0.2, -0.15) is 4.98 Å². The predicted molar refractivity (Wildman–Crippen MR) is 93.0 cm³/mol. The fourth-order valence-electron chi connectivity index (χ4n) is 2.00. The molecule has 0 bridgehead atoms. The van der Waals surface area contributed by atoms with Crippen LogP contribution in [-0.2, 0) is 0 Å². The van der Waals surface area contributed by atoms with E-state index in [0.717, 1.165) is 5.56 Å². The number of hydrogen-bond acceptors (Lipinski definition) is 9. The third kappa shape index (κ3) is 4.91. The van der Waals surface area contributed by atoms with E-state index in [1.54, 1.807) is 12.3 Å². The van der Waals surface area contributed by atoms with Crippen molar-refractivity contribution in [3.63, 3.8) is 0 Å². The molecule has 9 heteroatoms. The highest BCUT2D eigenvalue weighted by molar-refractivity contribution is 5.51. The van der Waals surface area contributed by atoms with Crippen LogP contribution in [0.4, 0.5) is 11.8 Å². The van der Waals surface area contributed by atoms with Crippen LogP contribution in [0.3, 0.4) is 0 Å². The zero-order chi connectivity index (χ0) is 18.4. The lowest BCUT2D eigenvalue weighted by molar-refractivity contribution is 0.105. The van der Waals surface area contributed by atoms with Crippen LogP contribution >= 0.6 is 0 Å². The summed E-state index contributed by atoms with van der Waals surface area (Å²) in [5.74, 6) is 1.85. The number of nitrogens with one attached hydrogen (secondary N) is 1. The van der Waals surface area contributed by atoms with Crippen molar-refractivity contribution in [3.8, 4) is 17.4 Å². The molecule has 9 nitrogen and oxygen atoms in total. The molecule has 1 unspecified atom stereocenters. The van der Waals surface area contributed by atoms with E-state index in [9.17, 15) is 5.11 Å². The Hall–Kier alpha value is -2.65. The molecule has 0 spiro atoms. The van der Waals surface area contributed by atoms with Crippen molar-refractivity contribution >= 4 is 11.8 Å². The normalized spacial score (nSPS) is 12.1. The Bertz CT molecular complexity index is 711. The van der Waals surface area contributed by atoms with E-state index in [-0.39, 0.29) is 30.8 Å². The van der Waals surface area contributed by atoms with Gasteiger partial charge < -0.3 is 30.7 Å². The summed E-state index contributed by atoms with van der Waals surface area (Å²) in [4.78, 5) is 12.4. The van der Waals surface area contributed by atoms with Crippen molar-refractivity contribution in [2.75, 3.05) is 31.3 Å². The van der Waals surface area contributed by atoms with E-state index in [2.05, 4.69) is 20.3 Å². The second-order valence-corrected chi connectivity index (χ2v) is 5.68. The first-order valence-corrected chi connectivity index (χ1v) is 7.81. The van der Waals surface area contributed by atoms with Crippen molar-refractivity contribution in [1.82, 2.24) is 15.0 Å². The Morgan fingerprint density at radius 2 is 2.00 bits per heavy atom. The number of nitrogen functional groups attached to an aromatic ring is 1. The molecular weight excluding hydrogens is 326 g/mol. The van der Waals surface area contributed by atoms with Crippen LogP contribution in [0, 0.1) is 0 Å². The maximum atomic E-state index is 9.33. The van der Waals surface area contributed by atoms with E-state index in [1.165, 1.54) is 13.3 Å². The van der Waals surface area contributed by atoms with Crippen LogP contribution in [0.25, 0.3) is 0 Å². The predicted octanol–water partition coefficient (Wildman–Crippen LogP) is 1.14. The summed E-state index contributed by atoms with van der Waals surface area (Å²) < 4.78 is 11.0. The number of ether oxygens (including phenoxy) is 2. The molecule has 5 N–H and O–H groups in total. The lowest BCUT2D eigenvalue weighted by Crippen LogP contribution is -2.23. The third-order valence-electron chi connectivity index (χ3n) is 3.41. The summed E-state index contributed by atoms with van der Waals surface area (Å²) in [5, 5.41) is 20.9. The highest BCUT2D eigenvalue weighted by Gasteiger charge is 2.14. The number of nitrogens with zero attached hydrogens (tertiary/aromatic N) is 3. The Labute approximate surface area is 145 Å². The van der Waals surface area contributed by atoms with Gasteiger partial charge in [0.05, 0.1) is 26.0 Å². The van der Waals surface area contributed by atoms with E-state index >= 15 is 0 Å². The summed E-state index contributed by atoms with van der Waals surface area (Å²) in [7, 11) is 1.53. The van der Waals surface area contributed by atoms with Crippen LogP contribution in [0.5, 0.6) is 17.4 Å². The SMILES string of the molecule is COc1cc(Oc2cnc(NCC(O)CO)nc2N)c(C(C)C)cn1. The first kappa shape index (κ1) is 18.7. The van der Waals surface area contributed by atoms with Crippen LogP contribution in [0.2, 0.25) is 0 Å². The molecule has 0 radical (unpaired) electrons. The van der Waals surface area contributed by atoms with Crippen molar-refractivity contribution < 1.29 is 19.7 Å². The molecule has 0 aromatic carbocycles. The number of aromatic nitrogens is 3. The van der Waals surface area contributed by atoms with Gasteiger partial charge in [0.15, 0.2) is 11.6 Å². The Morgan fingerprint density at radius 3 is 2.60 bits per heavy atom. The van der Waals surface area contributed by atoms with Gasteiger partial charge in [0.25, 0.3) is 0 Å². The molecule has 0 fully saturated rings. The topological polar surface area (TPSA) is 136 Å². The van der Waals surface area contributed by atoms with Gasteiger partial charge in [-0.15, -0.1) is 0 Å². The number of hydrogen-bond donors (Lipinski definition) is 4. The van der Waals surface area contributed by atoms with Crippen molar-refractivity contribution in [2.45, 2.75) is 25.9 Å². The second kappa shape index (κ2) is 8.45. The molecule has 0 aliphatic rings. The van der Waals surface area contributed by atoms with Gasteiger partial charge >= 0.3 is 0 Å². The van der Waals surface area contributed by atoms with Gasteiger partial charge in [0.1, 0.15) is 5.75 Å².